The molecule has 1 aromatic rings. The Balaban J connectivity index is 2.01. The molecule has 0 bridgehead atoms. The summed E-state index contributed by atoms with van der Waals surface area (Å²) in [5.41, 5.74) is 5.63. The fourth-order valence-electron chi connectivity index (χ4n) is 3.78. The van der Waals surface area contributed by atoms with Crippen LogP contribution in [-0.4, -0.2) is 47.1 Å². The number of carbonyl (C=O) groups is 2. The van der Waals surface area contributed by atoms with E-state index in [1.807, 2.05) is 0 Å². The van der Waals surface area contributed by atoms with Crippen molar-refractivity contribution >= 4 is 23.4 Å². The molecule has 1 fully saturated rings. The number of anilines is 1. The van der Waals surface area contributed by atoms with Crippen LogP contribution in [0.15, 0.2) is 18.3 Å². The molecule has 2 aliphatic rings. The number of carbonyl (C=O) groups excluding carboxylic acids is 2. The van der Waals surface area contributed by atoms with Gasteiger partial charge in [0.25, 0.3) is 0 Å². The number of aromatic nitrogens is 1. The number of alkyl halides is 2. The number of nitrogen functional groups attached to an aromatic ring is 1. The Morgan fingerprint density at radius 1 is 1.28 bits per heavy atom. The Morgan fingerprint density at radius 2 is 1.93 bits per heavy atom. The normalized spacial score (nSPS) is 19.9. The van der Waals surface area contributed by atoms with Crippen molar-refractivity contribution in [2.24, 2.45) is 5.41 Å². The number of nitrogens with two attached hydrogens (primary N) is 1. The van der Waals surface area contributed by atoms with Gasteiger partial charge in [-0.15, -0.1) is 0 Å². The molecule has 3 rings (SSSR count). The summed E-state index contributed by atoms with van der Waals surface area (Å²) in [6.07, 6.45) is 2.27. The number of pyridine rings is 1. The Labute approximate surface area is 167 Å². The van der Waals surface area contributed by atoms with Crippen LogP contribution in [0.2, 0.25) is 0 Å². The van der Waals surface area contributed by atoms with Crippen LogP contribution in [0.4, 0.5) is 19.3 Å². The summed E-state index contributed by atoms with van der Waals surface area (Å²) in [5.74, 6) is -3.37. The largest absolute Gasteiger partial charge is 0.464 e. The first kappa shape index (κ1) is 21.0. The number of allylic oxidation sites excluding steroid dienone is 1. The Morgan fingerprint density at radius 3 is 2.45 bits per heavy atom. The molecule has 0 atom stereocenters. The minimum Gasteiger partial charge on any atom is -0.464 e. The second-order valence-electron chi connectivity index (χ2n) is 8.63. The van der Waals surface area contributed by atoms with E-state index in [-0.39, 0.29) is 30.8 Å². The number of esters is 1. The molecule has 2 N–H and O–H groups in total. The van der Waals surface area contributed by atoms with Gasteiger partial charge in [-0.25, -0.2) is 23.4 Å². The summed E-state index contributed by atoms with van der Waals surface area (Å²) in [7, 11) is 1.22. The van der Waals surface area contributed by atoms with Crippen molar-refractivity contribution in [3.8, 4) is 0 Å². The molecule has 1 aromatic heterocycles. The van der Waals surface area contributed by atoms with Crippen molar-refractivity contribution in [1.82, 2.24) is 9.88 Å². The highest BCUT2D eigenvalue weighted by molar-refractivity contribution is 5.91. The first-order chi connectivity index (χ1) is 13.3. The van der Waals surface area contributed by atoms with E-state index in [9.17, 15) is 18.4 Å². The number of hydrogen-bond acceptors (Lipinski definition) is 6. The van der Waals surface area contributed by atoms with Crippen LogP contribution in [0.25, 0.3) is 5.70 Å². The molecule has 1 spiro atoms. The van der Waals surface area contributed by atoms with E-state index in [4.69, 9.17) is 10.5 Å². The lowest BCUT2D eigenvalue weighted by Gasteiger charge is -2.49. The molecule has 0 aromatic carbocycles. The topological polar surface area (TPSA) is 94.8 Å². The SMILES string of the molecule is COC(=O)c1cc(N)c(C2=CC3(CCN2C(=O)OC(C)(C)C)CC(F)(F)C3)cn1. The molecule has 1 aliphatic carbocycles. The number of halogens is 2. The van der Waals surface area contributed by atoms with Crippen molar-refractivity contribution in [3.63, 3.8) is 0 Å². The number of rotatable bonds is 2. The van der Waals surface area contributed by atoms with Gasteiger partial charge in [0.05, 0.1) is 12.8 Å². The molecule has 158 valence electrons. The standard InChI is InChI=1S/C20H25F2N3O4/c1-18(2,3)29-17(27)25-6-5-19(10-20(21,22)11-19)8-15(25)12-9-24-14(7-13(12)23)16(26)28-4/h7-9H,5-6,10-11H2,1-4H3,(H2,23,24). The monoisotopic (exact) mass is 409 g/mol. The molecule has 0 radical (unpaired) electrons. The molecular weight excluding hydrogens is 384 g/mol. The second-order valence-corrected chi connectivity index (χ2v) is 8.63. The Kier molecular flexibility index (Phi) is 5.04. The fourth-order valence-corrected chi connectivity index (χ4v) is 3.78. The summed E-state index contributed by atoms with van der Waals surface area (Å²) < 4.78 is 37.3. The highest BCUT2D eigenvalue weighted by Crippen LogP contribution is 2.57. The quantitative estimate of drug-likeness (QED) is 0.746. The third kappa shape index (κ3) is 4.33. The van der Waals surface area contributed by atoms with Crippen LogP contribution < -0.4 is 5.73 Å². The third-order valence-electron chi connectivity index (χ3n) is 5.01. The molecule has 1 amide bonds. The van der Waals surface area contributed by atoms with Gasteiger partial charge in [0, 0.05) is 42.2 Å². The van der Waals surface area contributed by atoms with E-state index in [1.165, 1.54) is 24.3 Å². The second kappa shape index (κ2) is 6.96. The minimum absolute atomic E-state index is 0.0128. The maximum atomic E-state index is 13.6. The first-order valence-corrected chi connectivity index (χ1v) is 9.30. The number of hydrogen-bond donors (Lipinski definition) is 1. The van der Waals surface area contributed by atoms with E-state index in [0.717, 1.165) is 0 Å². The van der Waals surface area contributed by atoms with Crippen LogP contribution in [0.5, 0.6) is 0 Å². The maximum absolute atomic E-state index is 13.6. The third-order valence-corrected chi connectivity index (χ3v) is 5.01. The van der Waals surface area contributed by atoms with Crippen LogP contribution in [0.3, 0.4) is 0 Å². The summed E-state index contributed by atoms with van der Waals surface area (Å²) in [4.78, 5) is 29.9. The highest BCUT2D eigenvalue weighted by atomic mass is 19.3. The molecule has 0 unspecified atom stereocenters. The van der Waals surface area contributed by atoms with Crippen molar-refractivity contribution in [1.29, 1.82) is 0 Å². The predicted molar refractivity (Wildman–Crippen MR) is 102 cm³/mol. The average molecular weight is 409 g/mol. The maximum Gasteiger partial charge on any atom is 0.414 e. The predicted octanol–water partition coefficient (Wildman–Crippen LogP) is 3.85. The van der Waals surface area contributed by atoms with E-state index >= 15 is 0 Å². The lowest BCUT2D eigenvalue weighted by atomic mass is 9.62. The number of methoxy groups -OCH3 is 1. The molecule has 29 heavy (non-hydrogen) atoms. The molecule has 1 saturated carbocycles. The zero-order chi connectivity index (χ0) is 21.6. The van der Waals surface area contributed by atoms with E-state index in [2.05, 4.69) is 9.72 Å². The molecular formula is C20H25F2N3O4. The lowest BCUT2D eigenvalue weighted by molar-refractivity contribution is -0.146. The molecule has 2 heterocycles. The number of amides is 1. The summed E-state index contributed by atoms with van der Waals surface area (Å²) in [6, 6.07) is 1.34. The van der Waals surface area contributed by atoms with Gasteiger partial charge in [0.2, 0.25) is 5.92 Å². The van der Waals surface area contributed by atoms with E-state index in [0.29, 0.717) is 17.7 Å². The van der Waals surface area contributed by atoms with Gasteiger partial charge in [-0.05, 0) is 33.3 Å². The van der Waals surface area contributed by atoms with Gasteiger partial charge in [-0.1, -0.05) is 6.08 Å². The fraction of sp³-hybridized carbons (Fsp3) is 0.550. The van der Waals surface area contributed by atoms with Crippen molar-refractivity contribution in [2.45, 2.75) is 51.6 Å². The first-order valence-electron chi connectivity index (χ1n) is 9.30. The lowest BCUT2D eigenvalue weighted by Crippen LogP contribution is -2.50. The van der Waals surface area contributed by atoms with Crippen molar-refractivity contribution in [3.05, 3.63) is 29.6 Å². The summed E-state index contributed by atoms with van der Waals surface area (Å²) in [6.45, 7) is 5.45. The number of nitrogens with zero attached hydrogens (tertiary/aromatic N) is 2. The minimum atomic E-state index is -2.71. The van der Waals surface area contributed by atoms with E-state index in [1.54, 1.807) is 26.8 Å². The van der Waals surface area contributed by atoms with Crippen LogP contribution in [0.1, 0.15) is 56.1 Å². The smallest absolute Gasteiger partial charge is 0.414 e. The Bertz CT molecular complexity index is 869. The molecule has 7 nitrogen and oxygen atoms in total. The van der Waals surface area contributed by atoms with Crippen LogP contribution >= 0.6 is 0 Å². The molecule has 0 saturated heterocycles. The molecule has 9 heteroatoms. The summed E-state index contributed by atoms with van der Waals surface area (Å²) in [5, 5.41) is 0. The van der Waals surface area contributed by atoms with Crippen LogP contribution in [-0.2, 0) is 9.47 Å². The van der Waals surface area contributed by atoms with Gasteiger partial charge in [0.15, 0.2) is 0 Å². The van der Waals surface area contributed by atoms with Gasteiger partial charge >= 0.3 is 12.1 Å². The van der Waals surface area contributed by atoms with Gasteiger partial charge < -0.3 is 15.2 Å². The van der Waals surface area contributed by atoms with Gasteiger partial charge in [0.1, 0.15) is 11.3 Å². The molecule has 1 aliphatic heterocycles. The zero-order valence-corrected chi connectivity index (χ0v) is 16.9. The number of ether oxygens (including phenoxy) is 2. The highest BCUT2D eigenvalue weighted by Gasteiger charge is 2.56. The van der Waals surface area contributed by atoms with Gasteiger partial charge in [-0.3, -0.25) is 4.90 Å². The zero-order valence-electron chi connectivity index (χ0n) is 16.9. The van der Waals surface area contributed by atoms with Crippen LogP contribution in [0, 0.1) is 5.41 Å². The Hall–Kier alpha value is -2.71. The van der Waals surface area contributed by atoms with Crippen molar-refractivity contribution < 1.29 is 27.8 Å². The van der Waals surface area contributed by atoms with E-state index < -0.39 is 29.0 Å². The van der Waals surface area contributed by atoms with Gasteiger partial charge in [-0.2, -0.15) is 0 Å². The summed E-state index contributed by atoms with van der Waals surface area (Å²) >= 11 is 0. The van der Waals surface area contributed by atoms with Crippen molar-refractivity contribution in [2.75, 3.05) is 19.4 Å². The average Bonchev–Trinajstić information content (AvgIpc) is 2.57.